The van der Waals surface area contributed by atoms with Crippen molar-refractivity contribution >= 4 is 11.7 Å². The summed E-state index contributed by atoms with van der Waals surface area (Å²) < 4.78 is 14.1. The summed E-state index contributed by atoms with van der Waals surface area (Å²) in [5.74, 6) is -1.86. The molecule has 0 aromatic heterocycles. The molecule has 0 spiro atoms. The molecular formula is C15H18FN3O2. The number of aromatic carboxylic acids is 1. The van der Waals surface area contributed by atoms with Crippen molar-refractivity contribution in [2.75, 3.05) is 20.1 Å². The maximum absolute atomic E-state index is 14.1. The molecule has 2 rings (SSSR count). The van der Waals surface area contributed by atoms with E-state index in [0.29, 0.717) is 6.42 Å². The minimum atomic E-state index is -1.18. The van der Waals surface area contributed by atoms with Crippen LogP contribution in [0.3, 0.4) is 0 Å². The molecule has 1 aromatic carbocycles. The van der Waals surface area contributed by atoms with Gasteiger partial charge in [-0.25, -0.2) is 9.18 Å². The Hall–Kier alpha value is -2.21. The first-order chi connectivity index (χ1) is 10.0. The van der Waals surface area contributed by atoms with Gasteiger partial charge in [0.2, 0.25) is 0 Å². The third-order valence-corrected chi connectivity index (χ3v) is 3.56. The zero-order valence-electron chi connectivity index (χ0n) is 11.8. The van der Waals surface area contributed by atoms with Crippen molar-refractivity contribution < 1.29 is 14.3 Å². The minimum absolute atomic E-state index is 0.109. The molecule has 0 saturated carbocycles. The molecular weight excluding hydrogens is 273 g/mol. The predicted molar refractivity (Wildman–Crippen MR) is 78.4 cm³/mol. The Balaban J connectivity index is 2.38. The second-order valence-electron chi connectivity index (χ2n) is 4.83. The van der Waals surface area contributed by atoms with Gasteiger partial charge in [-0.3, -0.25) is 5.41 Å². The van der Waals surface area contributed by atoms with Crippen molar-refractivity contribution in [1.29, 1.82) is 5.41 Å². The molecule has 0 unspecified atom stereocenters. The van der Waals surface area contributed by atoms with Crippen molar-refractivity contribution in [1.82, 2.24) is 10.6 Å². The predicted octanol–water partition coefficient (Wildman–Crippen LogP) is 1.75. The standard InChI is InChI=1S/C15H18FN3O2/c1-18-13-5-7-19-6-4-11(13)14(17)10-3-2-9(15(20)21)8-12(10)16/h2-3,8,17-19H,4-7H2,1H3,(H,20,21). The third-order valence-electron chi connectivity index (χ3n) is 3.56. The van der Waals surface area contributed by atoms with E-state index in [0.717, 1.165) is 36.8 Å². The molecule has 1 heterocycles. The molecule has 1 aliphatic rings. The molecule has 0 fully saturated rings. The first kappa shape index (κ1) is 15.2. The van der Waals surface area contributed by atoms with E-state index in [-0.39, 0.29) is 16.8 Å². The van der Waals surface area contributed by atoms with Gasteiger partial charge in [-0.1, -0.05) is 0 Å². The van der Waals surface area contributed by atoms with Crippen molar-refractivity contribution in [2.24, 2.45) is 0 Å². The second-order valence-corrected chi connectivity index (χ2v) is 4.83. The number of carbonyl (C=O) groups is 1. The molecule has 0 atom stereocenters. The lowest BCUT2D eigenvalue weighted by Gasteiger charge is -2.14. The number of nitrogens with one attached hydrogen (secondary N) is 3. The number of rotatable bonds is 4. The lowest BCUT2D eigenvalue weighted by molar-refractivity contribution is 0.0696. The summed E-state index contributed by atoms with van der Waals surface area (Å²) in [6.07, 6.45) is 1.39. The van der Waals surface area contributed by atoms with Gasteiger partial charge >= 0.3 is 5.97 Å². The van der Waals surface area contributed by atoms with Crippen LogP contribution in [0, 0.1) is 11.2 Å². The molecule has 0 bridgehead atoms. The first-order valence-corrected chi connectivity index (χ1v) is 6.77. The molecule has 4 N–H and O–H groups in total. The first-order valence-electron chi connectivity index (χ1n) is 6.77. The van der Waals surface area contributed by atoms with Crippen LogP contribution in [0.1, 0.15) is 28.8 Å². The molecule has 0 saturated heterocycles. The number of hydrogen-bond donors (Lipinski definition) is 4. The van der Waals surface area contributed by atoms with E-state index in [2.05, 4.69) is 10.6 Å². The van der Waals surface area contributed by atoms with Crippen molar-refractivity contribution in [3.8, 4) is 0 Å². The second kappa shape index (κ2) is 6.49. The number of hydrogen-bond acceptors (Lipinski definition) is 4. The third kappa shape index (κ3) is 3.28. The molecule has 0 radical (unpaired) electrons. The summed E-state index contributed by atoms with van der Waals surface area (Å²) in [5, 5.41) is 23.4. The average molecular weight is 291 g/mol. The maximum atomic E-state index is 14.1. The number of carboxylic acids is 1. The molecule has 5 nitrogen and oxygen atoms in total. The van der Waals surface area contributed by atoms with Gasteiger partial charge in [0.15, 0.2) is 0 Å². The Labute approximate surface area is 122 Å². The fourth-order valence-electron chi connectivity index (χ4n) is 2.42. The topological polar surface area (TPSA) is 85.2 Å². The molecule has 1 aliphatic heterocycles. The van der Waals surface area contributed by atoms with Gasteiger partial charge in [-0.2, -0.15) is 0 Å². The van der Waals surface area contributed by atoms with Gasteiger partial charge in [0.25, 0.3) is 0 Å². The maximum Gasteiger partial charge on any atom is 0.335 e. The molecule has 21 heavy (non-hydrogen) atoms. The largest absolute Gasteiger partial charge is 0.478 e. The lowest BCUT2D eigenvalue weighted by Crippen LogP contribution is -2.16. The Morgan fingerprint density at radius 2 is 2.10 bits per heavy atom. The van der Waals surface area contributed by atoms with Crippen LogP contribution in [0.5, 0.6) is 0 Å². The van der Waals surface area contributed by atoms with Crippen LogP contribution >= 0.6 is 0 Å². The van der Waals surface area contributed by atoms with Gasteiger partial charge in [-0.15, -0.1) is 0 Å². The van der Waals surface area contributed by atoms with Crippen LogP contribution in [0.25, 0.3) is 0 Å². The van der Waals surface area contributed by atoms with E-state index in [1.807, 2.05) is 0 Å². The summed E-state index contributed by atoms with van der Waals surface area (Å²) in [6, 6.07) is 3.64. The zero-order chi connectivity index (χ0) is 15.4. The Kier molecular flexibility index (Phi) is 4.70. The van der Waals surface area contributed by atoms with E-state index in [9.17, 15) is 9.18 Å². The minimum Gasteiger partial charge on any atom is -0.478 e. The van der Waals surface area contributed by atoms with E-state index < -0.39 is 11.8 Å². The highest BCUT2D eigenvalue weighted by atomic mass is 19.1. The van der Waals surface area contributed by atoms with E-state index in [1.54, 1.807) is 7.05 Å². The fourth-order valence-corrected chi connectivity index (χ4v) is 2.42. The number of carboxylic acid groups (broad SMARTS) is 1. The summed E-state index contributed by atoms with van der Waals surface area (Å²) >= 11 is 0. The Bertz CT molecular complexity index is 611. The Morgan fingerprint density at radius 1 is 1.38 bits per heavy atom. The van der Waals surface area contributed by atoms with Gasteiger partial charge in [-0.05, 0) is 43.2 Å². The quantitative estimate of drug-likeness (QED) is 0.637. The van der Waals surface area contributed by atoms with E-state index >= 15 is 0 Å². The van der Waals surface area contributed by atoms with Gasteiger partial charge in [0.1, 0.15) is 5.82 Å². The van der Waals surface area contributed by atoms with Crippen molar-refractivity contribution in [3.63, 3.8) is 0 Å². The summed E-state index contributed by atoms with van der Waals surface area (Å²) in [4.78, 5) is 10.8. The van der Waals surface area contributed by atoms with Crippen LogP contribution < -0.4 is 10.6 Å². The summed E-state index contributed by atoms with van der Waals surface area (Å²) in [5.41, 5.74) is 1.81. The van der Waals surface area contributed by atoms with Crippen LogP contribution in [0.2, 0.25) is 0 Å². The molecule has 6 heteroatoms. The highest BCUT2D eigenvalue weighted by molar-refractivity contribution is 6.11. The number of benzene rings is 1. The van der Waals surface area contributed by atoms with Gasteiger partial charge in [0, 0.05) is 24.9 Å². The SMILES string of the molecule is CNC1=C(C(=N)c2ccc(C(=O)O)cc2F)CCNCC1. The van der Waals surface area contributed by atoms with Gasteiger partial charge < -0.3 is 15.7 Å². The summed E-state index contributed by atoms with van der Waals surface area (Å²) in [7, 11) is 1.79. The van der Waals surface area contributed by atoms with Crippen LogP contribution in [0.4, 0.5) is 4.39 Å². The zero-order valence-corrected chi connectivity index (χ0v) is 11.8. The molecule has 0 amide bonds. The van der Waals surface area contributed by atoms with Gasteiger partial charge in [0.05, 0.1) is 11.3 Å². The molecule has 112 valence electrons. The van der Waals surface area contributed by atoms with E-state index in [1.165, 1.54) is 12.1 Å². The van der Waals surface area contributed by atoms with Crippen molar-refractivity contribution in [3.05, 3.63) is 46.4 Å². The van der Waals surface area contributed by atoms with Crippen molar-refractivity contribution in [2.45, 2.75) is 12.8 Å². The average Bonchev–Trinajstić information content (AvgIpc) is 2.71. The summed E-state index contributed by atoms with van der Waals surface area (Å²) in [6.45, 7) is 1.55. The molecule has 0 aliphatic carbocycles. The molecule has 1 aromatic rings. The highest BCUT2D eigenvalue weighted by Gasteiger charge is 2.19. The normalized spacial score (nSPS) is 15.5. The van der Waals surface area contributed by atoms with E-state index in [4.69, 9.17) is 10.5 Å². The Morgan fingerprint density at radius 3 is 2.71 bits per heavy atom. The van der Waals surface area contributed by atoms with Crippen LogP contribution in [-0.2, 0) is 0 Å². The monoisotopic (exact) mass is 291 g/mol. The highest BCUT2D eigenvalue weighted by Crippen LogP contribution is 2.21. The lowest BCUT2D eigenvalue weighted by atomic mass is 9.96. The fraction of sp³-hybridized carbons (Fsp3) is 0.333. The number of halogens is 1. The van der Waals surface area contributed by atoms with Crippen LogP contribution in [-0.4, -0.2) is 36.9 Å². The van der Waals surface area contributed by atoms with Crippen LogP contribution in [0.15, 0.2) is 29.5 Å². The smallest absolute Gasteiger partial charge is 0.335 e.